The summed E-state index contributed by atoms with van der Waals surface area (Å²) in [7, 11) is 0. The number of nitrogens with zero attached hydrogens (tertiary/aromatic N) is 3. The summed E-state index contributed by atoms with van der Waals surface area (Å²) in [6.45, 7) is 1.30. The molecule has 128 valence electrons. The first-order valence-corrected chi connectivity index (χ1v) is 8.06. The fourth-order valence-electron chi connectivity index (χ4n) is 1.98. The number of H-pyrrole nitrogens is 1. The average Bonchev–Trinajstić information content (AvgIpc) is 3.03. The first-order valence-electron chi connectivity index (χ1n) is 6.99. The van der Waals surface area contributed by atoms with Gasteiger partial charge in [-0.05, 0) is 24.3 Å². The molecule has 0 aliphatic carbocycles. The van der Waals surface area contributed by atoms with E-state index in [0.29, 0.717) is 30.4 Å². The number of nitrogens with one attached hydrogen (secondary N) is 2. The quantitative estimate of drug-likeness (QED) is 0.612. The smallest absolute Gasteiger partial charge is 0.373 e. The molecule has 0 saturated heterocycles. The van der Waals surface area contributed by atoms with E-state index in [4.69, 9.17) is 28.3 Å². The number of benzene rings is 1. The maximum atomic E-state index is 12.1. The van der Waals surface area contributed by atoms with Crippen molar-refractivity contribution in [1.82, 2.24) is 15.2 Å². The molecule has 0 bridgehead atoms. The molecule has 0 saturated carbocycles. The number of anilines is 2. The predicted molar refractivity (Wildman–Crippen MR) is 91.4 cm³/mol. The van der Waals surface area contributed by atoms with Crippen molar-refractivity contribution in [2.45, 2.75) is 0 Å². The van der Waals surface area contributed by atoms with E-state index in [9.17, 15) is 9.59 Å². The molecule has 1 aromatic carbocycles. The molecule has 1 heterocycles. The summed E-state index contributed by atoms with van der Waals surface area (Å²) >= 11 is 11.5. The van der Waals surface area contributed by atoms with Crippen molar-refractivity contribution in [1.29, 1.82) is 0 Å². The van der Waals surface area contributed by atoms with Gasteiger partial charge < -0.3 is 10.0 Å². The van der Waals surface area contributed by atoms with Crippen LogP contribution in [0, 0.1) is 0 Å². The van der Waals surface area contributed by atoms with Crippen molar-refractivity contribution >= 4 is 46.7 Å². The Morgan fingerprint density at radius 2 is 1.79 bits per heavy atom. The van der Waals surface area contributed by atoms with E-state index in [1.807, 2.05) is 4.90 Å². The zero-order chi connectivity index (χ0) is 17.5. The van der Waals surface area contributed by atoms with Gasteiger partial charge in [-0.25, -0.2) is 4.79 Å². The highest BCUT2D eigenvalue weighted by molar-refractivity contribution is 6.18. The largest absolute Gasteiger partial charge is 0.475 e. The molecule has 24 heavy (non-hydrogen) atoms. The number of hydrogen-bond donors (Lipinski definition) is 3. The summed E-state index contributed by atoms with van der Waals surface area (Å²) in [5.41, 5.74) is 1.29. The van der Waals surface area contributed by atoms with Gasteiger partial charge in [0.2, 0.25) is 11.8 Å². The average molecular weight is 372 g/mol. The molecule has 8 nitrogen and oxygen atoms in total. The van der Waals surface area contributed by atoms with Gasteiger partial charge in [0, 0.05) is 36.1 Å². The van der Waals surface area contributed by atoms with Crippen molar-refractivity contribution in [2.75, 3.05) is 35.1 Å². The van der Waals surface area contributed by atoms with Crippen molar-refractivity contribution in [3.05, 3.63) is 35.7 Å². The third kappa shape index (κ3) is 4.59. The minimum atomic E-state index is -1.26. The Hall–Kier alpha value is -2.32. The molecule has 10 heteroatoms. The molecule has 1 amide bonds. The van der Waals surface area contributed by atoms with Gasteiger partial charge in [-0.3, -0.25) is 15.2 Å². The maximum absolute atomic E-state index is 12.1. The van der Waals surface area contributed by atoms with Gasteiger partial charge in [-0.2, -0.15) is 4.98 Å². The Kier molecular flexibility index (Phi) is 6.39. The summed E-state index contributed by atoms with van der Waals surface area (Å²) in [5.74, 6) is -1.22. The third-order valence-corrected chi connectivity index (χ3v) is 3.45. The first kappa shape index (κ1) is 18.0. The zero-order valence-electron chi connectivity index (χ0n) is 12.5. The first-order chi connectivity index (χ1) is 11.5. The number of amides is 1. The lowest BCUT2D eigenvalue weighted by atomic mass is 10.2. The molecule has 0 fully saturated rings. The lowest BCUT2D eigenvalue weighted by Crippen LogP contribution is -2.27. The Labute approximate surface area is 147 Å². The van der Waals surface area contributed by atoms with E-state index < -0.39 is 11.9 Å². The number of carboxylic acid groups (broad SMARTS) is 1. The number of carboxylic acids is 1. The number of carbonyl (C=O) groups excluding carboxylic acids is 1. The second-order valence-electron chi connectivity index (χ2n) is 4.68. The topological polar surface area (TPSA) is 111 Å². The molecule has 2 rings (SSSR count). The van der Waals surface area contributed by atoms with Crippen LogP contribution in [0.3, 0.4) is 0 Å². The predicted octanol–water partition coefficient (Wildman–Crippen LogP) is 2.04. The van der Waals surface area contributed by atoms with Gasteiger partial charge >= 0.3 is 5.97 Å². The second-order valence-corrected chi connectivity index (χ2v) is 5.43. The lowest BCUT2D eigenvalue weighted by molar-refractivity contribution is 0.0683. The second kappa shape index (κ2) is 8.51. The Morgan fingerprint density at radius 1 is 1.17 bits per heavy atom. The van der Waals surface area contributed by atoms with Crippen LogP contribution in [0.1, 0.15) is 21.0 Å². The van der Waals surface area contributed by atoms with Gasteiger partial charge in [0.25, 0.3) is 5.91 Å². The maximum Gasteiger partial charge on any atom is 0.373 e. The molecule has 0 atom stereocenters. The van der Waals surface area contributed by atoms with E-state index in [2.05, 4.69) is 20.5 Å². The van der Waals surface area contributed by atoms with Gasteiger partial charge in [0.1, 0.15) is 0 Å². The summed E-state index contributed by atoms with van der Waals surface area (Å²) in [6, 6.07) is 6.86. The Bertz CT molecular complexity index is 699. The van der Waals surface area contributed by atoms with Crippen LogP contribution >= 0.6 is 23.2 Å². The highest BCUT2D eigenvalue weighted by Gasteiger charge is 2.13. The fraction of sp³-hybridized carbons (Fsp3) is 0.286. The van der Waals surface area contributed by atoms with Crippen LogP contribution < -0.4 is 10.2 Å². The number of rotatable bonds is 8. The minimum absolute atomic E-state index is 0.104. The molecule has 3 N–H and O–H groups in total. The minimum Gasteiger partial charge on any atom is -0.475 e. The van der Waals surface area contributed by atoms with Gasteiger partial charge in [-0.1, -0.05) is 0 Å². The molecule has 0 unspecified atom stereocenters. The van der Waals surface area contributed by atoms with Crippen molar-refractivity contribution in [2.24, 2.45) is 0 Å². The molecule has 2 aromatic rings. The summed E-state index contributed by atoms with van der Waals surface area (Å²) in [5, 5.41) is 17.0. The summed E-state index contributed by atoms with van der Waals surface area (Å²) < 4.78 is 0. The molecule has 0 spiro atoms. The van der Waals surface area contributed by atoms with Crippen LogP contribution in [-0.2, 0) is 0 Å². The molecule has 0 aliphatic heterocycles. The molecule has 0 radical (unpaired) electrons. The van der Waals surface area contributed by atoms with E-state index in [1.165, 1.54) is 0 Å². The number of alkyl halides is 2. The third-order valence-electron chi connectivity index (χ3n) is 3.12. The van der Waals surface area contributed by atoms with Crippen LogP contribution in [0.4, 0.5) is 11.6 Å². The van der Waals surface area contributed by atoms with Gasteiger partial charge in [0.05, 0.1) is 0 Å². The summed E-state index contributed by atoms with van der Waals surface area (Å²) in [4.78, 5) is 28.5. The van der Waals surface area contributed by atoms with Crippen LogP contribution in [0.5, 0.6) is 0 Å². The fourth-order valence-corrected chi connectivity index (χ4v) is 2.39. The number of hydrogen-bond acceptors (Lipinski definition) is 5. The van der Waals surface area contributed by atoms with Crippen LogP contribution in [0.2, 0.25) is 0 Å². The standard InChI is InChI=1S/C14H15Cl2N5O3/c15-5-7-21(8-6-16)10-3-1-9(2-4-10)12(22)18-14-17-11(13(23)24)19-20-14/h1-4H,5-8H2,(H,23,24)(H2,17,18,19,20,22). The summed E-state index contributed by atoms with van der Waals surface area (Å²) in [6.07, 6.45) is 0. The monoisotopic (exact) mass is 371 g/mol. The van der Waals surface area contributed by atoms with Crippen molar-refractivity contribution in [3.63, 3.8) is 0 Å². The lowest BCUT2D eigenvalue weighted by Gasteiger charge is -2.22. The van der Waals surface area contributed by atoms with Gasteiger partial charge in [-0.15, -0.1) is 28.3 Å². The zero-order valence-corrected chi connectivity index (χ0v) is 14.0. The Balaban J connectivity index is 2.05. The SMILES string of the molecule is O=C(Nc1n[nH]c(C(=O)O)n1)c1ccc(N(CCCl)CCCl)cc1. The Morgan fingerprint density at radius 3 is 2.29 bits per heavy atom. The van der Waals surface area contributed by atoms with E-state index >= 15 is 0 Å². The van der Waals surface area contributed by atoms with Crippen LogP contribution in [0.25, 0.3) is 0 Å². The number of carbonyl (C=O) groups is 2. The molecular formula is C14H15Cl2N5O3. The molecule has 1 aromatic heterocycles. The van der Waals surface area contributed by atoms with Crippen molar-refractivity contribution < 1.29 is 14.7 Å². The molecule has 0 aliphatic rings. The number of aromatic carboxylic acids is 1. The van der Waals surface area contributed by atoms with Gasteiger partial charge in [0.15, 0.2) is 0 Å². The number of halogens is 2. The van der Waals surface area contributed by atoms with E-state index in [-0.39, 0.29) is 11.8 Å². The number of aromatic amines is 1. The highest BCUT2D eigenvalue weighted by Crippen LogP contribution is 2.16. The number of aromatic nitrogens is 3. The van der Waals surface area contributed by atoms with E-state index in [1.54, 1.807) is 24.3 Å². The molecular weight excluding hydrogens is 357 g/mol. The normalized spacial score (nSPS) is 10.4. The van der Waals surface area contributed by atoms with E-state index in [0.717, 1.165) is 5.69 Å². The highest BCUT2D eigenvalue weighted by atomic mass is 35.5. The van der Waals surface area contributed by atoms with Crippen LogP contribution in [-0.4, -0.2) is 57.0 Å². The van der Waals surface area contributed by atoms with Crippen molar-refractivity contribution in [3.8, 4) is 0 Å². The van der Waals surface area contributed by atoms with Crippen LogP contribution in [0.15, 0.2) is 24.3 Å².